The van der Waals surface area contributed by atoms with Gasteiger partial charge in [0.1, 0.15) is 10.7 Å². The summed E-state index contributed by atoms with van der Waals surface area (Å²) in [5.74, 6) is 0.423. The summed E-state index contributed by atoms with van der Waals surface area (Å²) < 4.78 is 10.4. The molecule has 0 aliphatic rings. The van der Waals surface area contributed by atoms with Gasteiger partial charge in [0, 0.05) is 12.7 Å². The first-order valence-electron chi connectivity index (χ1n) is 6.37. The van der Waals surface area contributed by atoms with Crippen LogP contribution in [0.5, 0.6) is 5.75 Å². The predicted octanol–water partition coefficient (Wildman–Crippen LogP) is 1.24. The SMILES string of the molecule is CCC(COC)NC(=O)COc1ccc(C(N)=S)cc1. The van der Waals surface area contributed by atoms with Crippen LogP contribution in [0.15, 0.2) is 24.3 Å². The first-order valence-corrected chi connectivity index (χ1v) is 6.78. The van der Waals surface area contributed by atoms with Crippen molar-refractivity contribution in [1.82, 2.24) is 5.32 Å². The summed E-state index contributed by atoms with van der Waals surface area (Å²) >= 11 is 4.86. The zero-order valence-electron chi connectivity index (χ0n) is 11.7. The maximum absolute atomic E-state index is 11.7. The molecule has 0 heterocycles. The summed E-state index contributed by atoms with van der Waals surface area (Å²) in [7, 11) is 1.61. The summed E-state index contributed by atoms with van der Waals surface area (Å²) in [6.45, 7) is 2.44. The van der Waals surface area contributed by atoms with Crippen molar-refractivity contribution in [2.45, 2.75) is 19.4 Å². The highest BCUT2D eigenvalue weighted by atomic mass is 32.1. The van der Waals surface area contributed by atoms with Crippen LogP contribution in [0, 0.1) is 0 Å². The molecule has 1 aromatic rings. The van der Waals surface area contributed by atoms with Gasteiger partial charge in [-0.2, -0.15) is 0 Å². The molecule has 0 fully saturated rings. The fraction of sp³-hybridized carbons (Fsp3) is 0.429. The zero-order valence-corrected chi connectivity index (χ0v) is 12.5. The van der Waals surface area contributed by atoms with Gasteiger partial charge in [-0.05, 0) is 30.7 Å². The van der Waals surface area contributed by atoms with Gasteiger partial charge < -0.3 is 20.5 Å². The summed E-state index contributed by atoms with van der Waals surface area (Å²) in [5.41, 5.74) is 6.27. The van der Waals surface area contributed by atoms with E-state index in [2.05, 4.69) is 5.32 Å². The van der Waals surface area contributed by atoms with E-state index in [4.69, 9.17) is 27.4 Å². The molecule has 0 radical (unpaired) electrons. The Hall–Kier alpha value is -1.66. The van der Waals surface area contributed by atoms with Crippen LogP contribution >= 0.6 is 12.2 Å². The molecule has 0 aliphatic heterocycles. The fourth-order valence-electron chi connectivity index (χ4n) is 1.60. The van der Waals surface area contributed by atoms with Crippen LogP contribution in [0.25, 0.3) is 0 Å². The molecule has 3 N–H and O–H groups in total. The number of hydrogen-bond donors (Lipinski definition) is 2. The molecule has 6 heteroatoms. The van der Waals surface area contributed by atoms with Crippen molar-refractivity contribution in [2.24, 2.45) is 5.73 Å². The molecule has 0 bridgehead atoms. The second-order valence-electron chi connectivity index (χ2n) is 4.31. The maximum Gasteiger partial charge on any atom is 0.258 e. The van der Waals surface area contributed by atoms with Crippen LogP contribution in [0.1, 0.15) is 18.9 Å². The van der Waals surface area contributed by atoms with Crippen LogP contribution in [0.2, 0.25) is 0 Å². The molecule has 1 unspecified atom stereocenters. The molecule has 110 valence electrons. The number of thiocarbonyl (C=S) groups is 1. The van der Waals surface area contributed by atoms with Crippen molar-refractivity contribution in [1.29, 1.82) is 0 Å². The second-order valence-corrected chi connectivity index (χ2v) is 4.75. The molecule has 0 spiro atoms. The number of carbonyl (C=O) groups is 1. The molecule has 0 aromatic heterocycles. The number of methoxy groups -OCH3 is 1. The van der Waals surface area contributed by atoms with Crippen LogP contribution in [0.3, 0.4) is 0 Å². The monoisotopic (exact) mass is 296 g/mol. The molecular formula is C14H20N2O3S. The van der Waals surface area contributed by atoms with Gasteiger partial charge in [-0.3, -0.25) is 4.79 Å². The summed E-state index contributed by atoms with van der Waals surface area (Å²) in [6.07, 6.45) is 0.808. The highest BCUT2D eigenvalue weighted by Crippen LogP contribution is 2.11. The van der Waals surface area contributed by atoms with Crippen molar-refractivity contribution in [3.63, 3.8) is 0 Å². The number of nitrogens with two attached hydrogens (primary N) is 1. The molecule has 1 aromatic carbocycles. The number of carbonyl (C=O) groups excluding carboxylic acids is 1. The largest absolute Gasteiger partial charge is 0.484 e. The number of nitrogens with one attached hydrogen (secondary N) is 1. The third-order valence-electron chi connectivity index (χ3n) is 2.73. The highest BCUT2D eigenvalue weighted by Gasteiger charge is 2.10. The van der Waals surface area contributed by atoms with Crippen molar-refractivity contribution in [3.8, 4) is 5.75 Å². The Morgan fingerprint density at radius 3 is 2.55 bits per heavy atom. The van der Waals surface area contributed by atoms with Crippen LogP contribution in [0.4, 0.5) is 0 Å². The average molecular weight is 296 g/mol. The standard InChI is InChI=1S/C14H20N2O3S/c1-3-11(8-18-2)16-13(17)9-19-12-6-4-10(5-7-12)14(15)20/h4-7,11H,3,8-9H2,1-2H3,(H2,15,20)(H,16,17). The van der Waals surface area contributed by atoms with Gasteiger partial charge in [0.15, 0.2) is 6.61 Å². The highest BCUT2D eigenvalue weighted by molar-refractivity contribution is 7.80. The smallest absolute Gasteiger partial charge is 0.258 e. The van der Waals surface area contributed by atoms with E-state index in [0.29, 0.717) is 17.3 Å². The van der Waals surface area contributed by atoms with Gasteiger partial charge in [0.05, 0.1) is 12.6 Å². The Balaban J connectivity index is 2.42. The molecule has 1 atom stereocenters. The van der Waals surface area contributed by atoms with E-state index in [1.807, 2.05) is 6.92 Å². The molecule has 20 heavy (non-hydrogen) atoms. The Labute approximate surface area is 124 Å². The number of ether oxygens (including phenoxy) is 2. The average Bonchev–Trinajstić information content (AvgIpc) is 2.45. The van der Waals surface area contributed by atoms with E-state index in [1.54, 1.807) is 31.4 Å². The Bertz CT molecular complexity index is 448. The van der Waals surface area contributed by atoms with Gasteiger partial charge >= 0.3 is 0 Å². The Morgan fingerprint density at radius 1 is 1.40 bits per heavy atom. The van der Waals surface area contributed by atoms with E-state index in [-0.39, 0.29) is 18.6 Å². The number of hydrogen-bond acceptors (Lipinski definition) is 4. The van der Waals surface area contributed by atoms with Crippen molar-refractivity contribution >= 4 is 23.1 Å². The van der Waals surface area contributed by atoms with Crippen LogP contribution in [-0.2, 0) is 9.53 Å². The molecule has 1 rings (SSSR count). The zero-order chi connectivity index (χ0) is 15.0. The van der Waals surface area contributed by atoms with E-state index < -0.39 is 0 Å². The number of rotatable bonds is 8. The summed E-state index contributed by atoms with van der Waals surface area (Å²) in [6, 6.07) is 6.99. The van der Waals surface area contributed by atoms with Gasteiger partial charge in [-0.1, -0.05) is 19.1 Å². The molecule has 0 saturated carbocycles. The first-order chi connectivity index (χ1) is 9.56. The normalized spacial score (nSPS) is 11.7. The van der Waals surface area contributed by atoms with E-state index >= 15 is 0 Å². The lowest BCUT2D eigenvalue weighted by Gasteiger charge is -2.16. The Morgan fingerprint density at radius 2 is 2.05 bits per heavy atom. The fourth-order valence-corrected chi connectivity index (χ4v) is 1.73. The van der Waals surface area contributed by atoms with Crippen LogP contribution in [-0.4, -0.2) is 37.3 Å². The summed E-state index contributed by atoms with van der Waals surface area (Å²) in [4.78, 5) is 12.0. The van der Waals surface area contributed by atoms with Crippen molar-refractivity contribution in [3.05, 3.63) is 29.8 Å². The lowest BCUT2D eigenvalue weighted by atomic mass is 10.2. The van der Waals surface area contributed by atoms with Crippen molar-refractivity contribution in [2.75, 3.05) is 20.3 Å². The lowest BCUT2D eigenvalue weighted by molar-refractivity contribution is -0.124. The minimum Gasteiger partial charge on any atom is -0.484 e. The summed E-state index contributed by atoms with van der Waals surface area (Å²) in [5, 5.41) is 2.84. The van der Waals surface area contributed by atoms with Gasteiger partial charge in [-0.15, -0.1) is 0 Å². The molecule has 1 amide bonds. The number of benzene rings is 1. The predicted molar refractivity (Wildman–Crippen MR) is 81.9 cm³/mol. The molecule has 5 nitrogen and oxygen atoms in total. The van der Waals surface area contributed by atoms with Gasteiger partial charge in [-0.25, -0.2) is 0 Å². The molecule has 0 saturated heterocycles. The third-order valence-corrected chi connectivity index (χ3v) is 2.97. The third kappa shape index (κ3) is 5.54. The molecule has 0 aliphatic carbocycles. The van der Waals surface area contributed by atoms with E-state index in [0.717, 1.165) is 12.0 Å². The van der Waals surface area contributed by atoms with Crippen molar-refractivity contribution < 1.29 is 14.3 Å². The number of amides is 1. The Kier molecular flexibility index (Phi) is 6.97. The van der Waals surface area contributed by atoms with Gasteiger partial charge in [0.2, 0.25) is 0 Å². The van der Waals surface area contributed by atoms with Gasteiger partial charge in [0.25, 0.3) is 5.91 Å². The first kappa shape index (κ1) is 16.4. The second kappa shape index (κ2) is 8.50. The lowest BCUT2D eigenvalue weighted by Crippen LogP contribution is -2.40. The quantitative estimate of drug-likeness (QED) is 0.706. The minimum atomic E-state index is -0.174. The van der Waals surface area contributed by atoms with Crippen LogP contribution < -0.4 is 15.8 Å². The minimum absolute atomic E-state index is 0.00749. The van der Waals surface area contributed by atoms with E-state index in [1.165, 1.54) is 0 Å². The topological polar surface area (TPSA) is 73.6 Å². The van der Waals surface area contributed by atoms with E-state index in [9.17, 15) is 4.79 Å². The maximum atomic E-state index is 11.7. The molecular weight excluding hydrogens is 276 g/mol.